The number of amides is 1. The number of anilines is 1. The molecule has 6 heteroatoms. The van der Waals surface area contributed by atoms with Crippen molar-refractivity contribution in [2.45, 2.75) is 17.9 Å². The molecule has 0 fully saturated rings. The fourth-order valence-electron chi connectivity index (χ4n) is 2.50. The van der Waals surface area contributed by atoms with Gasteiger partial charge in [0.25, 0.3) is 5.91 Å². The average Bonchev–Trinajstić information content (AvgIpc) is 2.59. The zero-order valence-corrected chi connectivity index (χ0v) is 16.0. The topological polar surface area (TPSA) is 57.7 Å². The number of hydrogen-bond acceptors (Lipinski definition) is 4. The van der Waals surface area contributed by atoms with Gasteiger partial charge in [0.05, 0.1) is 10.9 Å². The van der Waals surface area contributed by atoms with Gasteiger partial charge in [-0.05, 0) is 48.9 Å². The van der Waals surface area contributed by atoms with Gasteiger partial charge in [0.1, 0.15) is 0 Å². The van der Waals surface area contributed by atoms with E-state index >= 15 is 0 Å². The molecule has 134 valence electrons. The Morgan fingerprint density at radius 2 is 1.44 bits per heavy atom. The fourth-order valence-corrected chi connectivity index (χ4v) is 3.13. The lowest BCUT2D eigenvalue weighted by Crippen LogP contribution is -2.29. The summed E-state index contributed by atoms with van der Waals surface area (Å²) in [6.45, 7) is 1.92. The molecule has 0 bridgehead atoms. The van der Waals surface area contributed by atoms with Crippen molar-refractivity contribution in [2.24, 2.45) is 0 Å². The first-order chi connectivity index (χ1) is 11.6. The lowest BCUT2D eigenvalue weighted by atomic mass is 10.1. The quantitative estimate of drug-likeness (QED) is 0.822. The minimum Gasteiger partial charge on any atom is -0.378 e. The summed E-state index contributed by atoms with van der Waals surface area (Å²) in [7, 11) is 2.43. The first kappa shape index (κ1) is 19.0. The maximum Gasteiger partial charge on any atom is 0.254 e. The zero-order chi connectivity index (χ0) is 18.8. The van der Waals surface area contributed by atoms with Crippen LogP contribution in [0.2, 0.25) is 0 Å². The summed E-state index contributed by atoms with van der Waals surface area (Å²) in [4.78, 5) is 16.6. The van der Waals surface area contributed by atoms with Crippen LogP contribution in [-0.2, 0) is 9.84 Å². The van der Waals surface area contributed by atoms with Gasteiger partial charge >= 0.3 is 0 Å². The van der Waals surface area contributed by atoms with Gasteiger partial charge in [-0.25, -0.2) is 8.42 Å². The highest BCUT2D eigenvalue weighted by Crippen LogP contribution is 2.23. The van der Waals surface area contributed by atoms with Crippen molar-refractivity contribution < 1.29 is 13.2 Å². The summed E-state index contributed by atoms with van der Waals surface area (Å²) >= 11 is 0. The van der Waals surface area contributed by atoms with Gasteiger partial charge in [-0.3, -0.25) is 4.79 Å². The largest absolute Gasteiger partial charge is 0.378 e. The van der Waals surface area contributed by atoms with Crippen LogP contribution in [0.3, 0.4) is 0 Å². The molecule has 2 aromatic carbocycles. The van der Waals surface area contributed by atoms with Crippen LogP contribution in [0, 0.1) is 0 Å². The van der Waals surface area contributed by atoms with E-state index in [1.807, 2.05) is 50.2 Å². The molecule has 0 aliphatic rings. The van der Waals surface area contributed by atoms with Crippen molar-refractivity contribution in [2.75, 3.05) is 32.3 Å². The Morgan fingerprint density at radius 1 is 0.920 bits per heavy atom. The molecule has 0 heterocycles. The van der Waals surface area contributed by atoms with Crippen LogP contribution in [0.4, 0.5) is 5.69 Å². The molecule has 0 saturated heterocycles. The normalized spacial score (nSPS) is 12.5. The van der Waals surface area contributed by atoms with Crippen LogP contribution in [0.5, 0.6) is 0 Å². The lowest BCUT2D eigenvalue weighted by molar-refractivity contribution is 0.0742. The maximum absolute atomic E-state index is 12.7. The second-order valence-corrected chi connectivity index (χ2v) is 8.39. The number of nitrogens with zero attached hydrogens (tertiary/aromatic N) is 2. The first-order valence-electron chi connectivity index (χ1n) is 7.96. The minimum absolute atomic E-state index is 0.0787. The van der Waals surface area contributed by atoms with Crippen LogP contribution in [0.15, 0.2) is 53.4 Å². The number of hydrogen-bond donors (Lipinski definition) is 0. The number of benzene rings is 2. The van der Waals surface area contributed by atoms with Gasteiger partial charge in [-0.2, -0.15) is 0 Å². The molecule has 1 amide bonds. The minimum atomic E-state index is -3.22. The summed E-state index contributed by atoms with van der Waals surface area (Å²) in [6.07, 6.45) is 1.18. The highest BCUT2D eigenvalue weighted by Gasteiger charge is 2.19. The second-order valence-electron chi connectivity index (χ2n) is 6.37. The highest BCUT2D eigenvalue weighted by atomic mass is 32.2. The Balaban J connectivity index is 2.18. The van der Waals surface area contributed by atoms with E-state index in [4.69, 9.17) is 0 Å². The standard InChI is InChI=1S/C19H24N2O3S/c1-14(15-8-12-18(13-9-15)25(5,23)24)21(4)19(22)16-6-10-17(11-7-16)20(2)3/h6-14H,1-5H3/t14-/m1/s1. The van der Waals surface area contributed by atoms with E-state index in [2.05, 4.69) is 0 Å². The summed E-state index contributed by atoms with van der Waals surface area (Å²) in [5.74, 6) is -0.0787. The molecule has 1 atom stereocenters. The molecule has 0 radical (unpaired) electrons. The fraction of sp³-hybridized carbons (Fsp3) is 0.316. The van der Waals surface area contributed by atoms with Crippen molar-refractivity contribution in [3.8, 4) is 0 Å². The third-order valence-corrected chi connectivity index (χ3v) is 5.45. The Labute approximate surface area is 149 Å². The summed E-state index contributed by atoms with van der Waals surface area (Å²) < 4.78 is 23.1. The molecule has 0 aromatic heterocycles. The van der Waals surface area contributed by atoms with Crippen molar-refractivity contribution >= 4 is 21.4 Å². The average molecular weight is 360 g/mol. The third-order valence-electron chi connectivity index (χ3n) is 4.32. The molecule has 2 aromatic rings. The van der Waals surface area contributed by atoms with E-state index in [0.29, 0.717) is 5.56 Å². The molecule has 0 aliphatic carbocycles. The van der Waals surface area contributed by atoms with Crippen LogP contribution < -0.4 is 4.90 Å². The summed E-state index contributed by atoms with van der Waals surface area (Å²) in [5.41, 5.74) is 2.53. The predicted octanol–water partition coefficient (Wildman–Crippen LogP) is 2.99. The molecule has 25 heavy (non-hydrogen) atoms. The Kier molecular flexibility index (Phi) is 5.52. The Hall–Kier alpha value is -2.34. The van der Waals surface area contributed by atoms with E-state index < -0.39 is 9.84 Å². The third kappa shape index (κ3) is 4.39. The van der Waals surface area contributed by atoms with Gasteiger partial charge in [0.2, 0.25) is 0 Å². The SMILES string of the molecule is C[C@H](c1ccc(S(C)(=O)=O)cc1)N(C)C(=O)c1ccc(N(C)C)cc1. The number of sulfone groups is 1. The molecule has 0 saturated carbocycles. The number of carbonyl (C=O) groups is 1. The molecule has 5 nitrogen and oxygen atoms in total. The van der Waals surface area contributed by atoms with Gasteiger partial charge in [-0.15, -0.1) is 0 Å². The summed E-state index contributed by atoms with van der Waals surface area (Å²) in [6, 6.07) is 13.9. The first-order valence-corrected chi connectivity index (χ1v) is 9.85. The molecule has 0 aliphatic heterocycles. The van der Waals surface area contributed by atoms with E-state index in [1.54, 1.807) is 36.2 Å². The molecule has 0 unspecified atom stereocenters. The van der Waals surface area contributed by atoms with Crippen molar-refractivity contribution in [3.05, 3.63) is 59.7 Å². The van der Waals surface area contributed by atoms with Crippen LogP contribution in [-0.4, -0.2) is 46.6 Å². The van der Waals surface area contributed by atoms with Crippen LogP contribution in [0.25, 0.3) is 0 Å². The van der Waals surface area contributed by atoms with Crippen LogP contribution in [0.1, 0.15) is 28.9 Å². The van der Waals surface area contributed by atoms with Gasteiger partial charge in [-0.1, -0.05) is 12.1 Å². The number of rotatable bonds is 5. The van der Waals surface area contributed by atoms with Gasteiger partial charge < -0.3 is 9.80 Å². The zero-order valence-electron chi connectivity index (χ0n) is 15.2. The van der Waals surface area contributed by atoms with E-state index in [9.17, 15) is 13.2 Å². The van der Waals surface area contributed by atoms with E-state index in [-0.39, 0.29) is 16.8 Å². The smallest absolute Gasteiger partial charge is 0.254 e. The maximum atomic E-state index is 12.7. The van der Waals surface area contributed by atoms with Gasteiger partial charge in [0, 0.05) is 38.6 Å². The molecule has 0 spiro atoms. The van der Waals surface area contributed by atoms with Crippen molar-refractivity contribution in [1.82, 2.24) is 4.90 Å². The summed E-state index contributed by atoms with van der Waals surface area (Å²) in [5, 5.41) is 0. The van der Waals surface area contributed by atoms with E-state index in [1.165, 1.54) is 6.26 Å². The van der Waals surface area contributed by atoms with Gasteiger partial charge in [0.15, 0.2) is 9.84 Å². The molecule has 0 N–H and O–H groups in total. The predicted molar refractivity (Wildman–Crippen MR) is 101 cm³/mol. The molecule has 2 rings (SSSR count). The van der Waals surface area contributed by atoms with Crippen molar-refractivity contribution in [1.29, 1.82) is 0 Å². The monoisotopic (exact) mass is 360 g/mol. The van der Waals surface area contributed by atoms with Crippen LogP contribution >= 0.6 is 0 Å². The second kappa shape index (κ2) is 7.27. The molecular formula is C19H24N2O3S. The Morgan fingerprint density at radius 3 is 1.88 bits per heavy atom. The Bertz CT molecular complexity index is 841. The van der Waals surface area contributed by atoms with E-state index in [0.717, 1.165) is 11.3 Å². The van der Waals surface area contributed by atoms with Crippen molar-refractivity contribution in [3.63, 3.8) is 0 Å². The number of carbonyl (C=O) groups excluding carboxylic acids is 1. The lowest BCUT2D eigenvalue weighted by Gasteiger charge is -2.26. The molecular weight excluding hydrogens is 336 g/mol. The highest BCUT2D eigenvalue weighted by molar-refractivity contribution is 7.90.